The van der Waals surface area contributed by atoms with Gasteiger partial charge in [-0.15, -0.1) is 0 Å². The van der Waals surface area contributed by atoms with E-state index in [0.717, 1.165) is 23.6 Å². The van der Waals surface area contributed by atoms with E-state index in [9.17, 15) is 4.79 Å². The summed E-state index contributed by atoms with van der Waals surface area (Å²) in [6, 6.07) is 10.6. The smallest absolute Gasteiger partial charge is 0.237 e. The molecule has 2 N–H and O–H groups in total. The first kappa shape index (κ1) is 18.0. The fraction of sp³-hybridized carbons (Fsp3) is 0.500. The zero-order chi connectivity index (χ0) is 16.8. The van der Waals surface area contributed by atoms with Gasteiger partial charge < -0.3 is 10.6 Å². The van der Waals surface area contributed by atoms with Crippen LogP contribution in [0.15, 0.2) is 35.4 Å². The predicted molar refractivity (Wildman–Crippen MR) is 96.4 cm³/mol. The second-order valence-corrected chi connectivity index (χ2v) is 6.72. The van der Waals surface area contributed by atoms with Crippen LogP contribution in [-0.4, -0.2) is 49.1 Å². The van der Waals surface area contributed by atoms with Crippen LogP contribution in [0.25, 0.3) is 6.08 Å². The Morgan fingerprint density at radius 1 is 1.39 bits per heavy atom. The third-order valence-corrected chi connectivity index (χ3v) is 4.48. The zero-order valence-corrected chi connectivity index (χ0v) is 14.8. The Bertz CT molecular complexity index is 544. The van der Waals surface area contributed by atoms with E-state index in [4.69, 9.17) is 11.6 Å². The summed E-state index contributed by atoms with van der Waals surface area (Å²) >= 11 is 6.32. The van der Waals surface area contributed by atoms with Crippen LogP contribution < -0.4 is 10.6 Å². The van der Waals surface area contributed by atoms with Crippen LogP contribution in [-0.2, 0) is 4.79 Å². The van der Waals surface area contributed by atoms with Crippen molar-refractivity contribution in [2.75, 3.05) is 20.1 Å². The second-order valence-electron chi connectivity index (χ2n) is 6.24. The van der Waals surface area contributed by atoms with Crippen LogP contribution in [0, 0.1) is 0 Å². The molecule has 2 atom stereocenters. The van der Waals surface area contributed by atoms with Gasteiger partial charge in [-0.1, -0.05) is 41.9 Å². The number of nitrogens with zero attached hydrogens (tertiary/aromatic N) is 1. The molecule has 5 heteroatoms. The molecule has 2 rings (SSSR count). The Labute approximate surface area is 143 Å². The van der Waals surface area contributed by atoms with Crippen molar-refractivity contribution < 1.29 is 4.79 Å². The SMILES string of the molecule is CNC(=O)[C@@H]1C[C@H](NCC(Cl)=Cc2ccccc2)CN1C(C)C. The van der Waals surface area contributed by atoms with Gasteiger partial charge in [0.05, 0.1) is 6.04 Å². The molecular formula is C18H26ClN3O. The standard InChI is InChI=1S/C18H26ClN3O/c1-13(2)22-12-16(10-17(22)18(23)20-3)21-11-15(19)9-14-7-5-4-6-8-14/h4-9,13,16-17,21H,10-12H2,1-3H3,(H,20,23)/t16-,17-/m0/s1. The topological polar surface area (TPSA) is 44.4 Å². The number of benzene rings is 1. The molecule has 1 amide bonds. The van der Waals surface area contributed by atoms with Gasteiger partial charge in [0.2, 0.25) is 5.91 Å². The molecule has 0 unspecified atom stereocenters. The maximum absolute atomic E-state index is 12.0. The summed E-state index contributed by atoms with van der Waals surface area (Å²) < 4.78 is 0. The largest absolute Gasteiger partial charge is 0.358 e. The van der Waals surface area contributed by atoms with Crippen LogP contribution in [0.2, 0.25) is 0 Å². The van der Waals surface area contributed by atoms with Gasteiger partial charge in [0.25, 0.3) is 0 Å². The molecule has 1 aliphatic rings. The molecule has 0 radical (unpaired) electrons. The van der Waals surface area contributed by atoms with E-state index < -0.39 is 0 Å². The summed E-state index contributed by atoms with van der Waals surface area (Å²) in [6.07, 6.45) is 2.79. The number of halogens is 1. The number of hydrogen-bond donors (Lipinski definition) is 2. The number of likely N-dealkylation sites (tertiary alicyclic amines) is 1. The quantitative estimate of drug-likeness (QED) is 0.839. The Balaban J connectivity index is 1.91. The van der Waals surface area contributed by atoms with E-state index in [0.29, 0.717) is 12.6 Å². The third-order valence-electron chi connectivity index (χ3n) is 4.23. The molecule has 0 saturated carbocycles. The minimum atomic E-state index is -0.0608. The molecule has 4 nitrogen and oxygen atoms in total. The molecule has 1 saturated heterocycles. The molecule has 1 fully saturated rings. The van der Waals surface area contributed by atoms with E-state index in [2.05, 4.69) is 29.4 Å². The maximum atomic E-state index is 12.0. The summed E-state index contributed by atoms with van der Waals surface area (Å²) in [5, 5.41) is 7.01. The lowest BCUT2D eigenvalue weighted by atomic mass is 10.1. The first-order valence-electron chi connectivity index (χ1n) is 8.13. The summed E-state index contributed by atoms with van der Waals surface area (Å²) in [5.74, 6) is 0.0916. The lowest BCUT2D eigenvalue weighted by Crippen LogP contribution is -2.45. The molecule has 0 bridgehead atoms. The van der Waals surface area contributed by atoms with Crippen molar-refractivity contribution in [2.45, 2.75) is 38.4 Å². The lowest BCUT2D eigenvalue weighted by molar-refractivity contribution is -0.125. The van der Waals surface area contributed by atoms with Gasteiger partial charge in [0.1, 0.15) is 0 Å². The van der Waals surface area contributed by atoms with Crippen LogP contribution in [0.3, 0.4) is 0 Å². The summed E-state index contributed by atoms with van der Waals surface area (Å²) in [5.41, 5.74) is 1.10. The van der Waals surface area contributed by atoms with Crippen LogP contribution in [0.1, 0.15) is 25.8 Å². The molecule has 1 aromatic carbocycles. The zero-order valence-electron chi connectivity index (χ0n) is 14.1. The molecule has 0 aromatic heterocycles. The predicted octanol–water partition coefficient (Wildman–Crippen LogP) is 2.45. The molecule has 126 valence electrons. The highest BCUT2D eigenvalue weighted by Crippen LogP contribution is 2.21. The summed E-state index contributed by atoms with van der Waals surface area (Å²) in [4.78, 5) is 14.3. The van der Waals surface area contributed by atoms with Gasteiger partial charge in [-0.05, 0) is 31.9 Å². The summed E-state index contributed by atoms with van der Waals surface area (Å²) in [7, 11) is 1.70. The Hall–Kier alpha value is -1.36. The number of likely N-dealkylation sites (N-methyl/N-ethyl adjacent to an activating group) is 1. The average molecular weight is 336 g/mol. The van der Waals surface area contributed by atoms with Gasteiger partial charge in [0, 0.05) is 37.3 Å². The van der Waals surface area contributed by atoms with E-state index >= 15 is 0 Å². The Kier molecular flexibility index (Phi) is 6.63. The average Bonchev–Trinajstić information content (AvgIpc) is 2.98. The van der Waals surface area contributed by atoms with E-state index in [-0.39, 0.29) is 18.0 Å². The Morgan fingerprint density at radius 2 is 2.09 bits per heavy atom. The molecule has 0 spiro atoms. The maximum Gasteiger partial charge on any atom is 0.237 e. The Morgan fingerprint density at radius 3 is 2.70 bits per heavy atom. The molecule has 1 aliphatic heterocycles. The molecule has 0 aliphatic carbocycles. The molecular weight excluding hydrogens is 310 g/mol. The number of hydrogen-bond acceptors (Lipinski definition) is 3. The number of carbonyl (C=O) groups is 1. The molecule has 1 aromatic rings. The van der Waals surface area contributed by atoms with Crippen molar-refractivity contribution in [3.05, 3.63) is 40.9 Å². The molecule has 1 heterocycles. The number of amides is 1. The fourth-order valence-electron chi connectivity index (χ4n) is 3.03. The van der Waals surface area contributed by atoms with E-state index in [1.165, 1.54) is 0 Å². The van der Waals surface area contributed by atoms with Gasteiger partial charge in [-0.25, -0.2) is 0 Å². The van der Waals surface area contributed by atoms with Crippen LogP contribution >= 0.6 is 11.6 Å². The van der Waals surface area contributed by atoms with Crippen LogP contribution in [0.5, 0.6) is 0 Å². The minimum Gasteiger partial charge on any atom is -0.358 e. The first-order chi connectivity index (χ1) is 11.0. The van der Waals surface area contributed by atoms with Gasteiger partial charge in [-0.2, -0.15) is 0 Å². The van der Waals surface area contributed by atoms with Gasteiger partial charge in [-0.3, -0.25) is 9.69 Å². The second kappa shape index (κ2) is 8.48. The monoisotopic (exact) mass is 335 g/mol. The van der Waals surface area contributed by atoms with Gasteiger partial charge >= 0.3 is 0 Å². The number of carbonyl (C=O) groups excluding carboxylic acids is 1. The van der Waals surface area contributed by atoms with E-state index in [1.807, 2.05) is 36.4 Å². The van der Waals surface area contributed by atoms with E-state index in [1.54, 1.807) is 7.05 Å². The van der Waals surface area contributed by atoms with Crippen molar-refractivity contribution >= 4 is 23.6 Å². The fourth-order valence-corrected chi connectivity index (χ4v) is 3.23. The minimum absolute atomic E-state index is 0.0608. The van der Waals surface area contributed by atoms with Crippen molar-refractivity contribution in [2.24, 2.45) is 0 Å². The highest BCUT2D eigenvalue weighted by molar-refractivity contribution is 6.31. The number of rotatable bonds is 6. The van der Waals surface area contributed by atoms with Crippen molar-refractivity contribution in [3.63, 3.8) is 0 Å². The first-order valence-corrected chi connectivity index (χ1v) is 8.51. The van der Waals surface area contributed by atoms with Crippen LogP contribution in [0.4, 0.5) is 0 Å². The highest BCUT2D eigenvalue weighted by Gasteiger charge is 2.37. The van der Waals surface area contributed by atoms with Crippen molar-refractivity contribution in [1.82, 2.24) is 15.5 Å². The third kappa shape index (κ3) is 5.06. The van der Waals surface area contributed by atoms with Crippen molar-refractivity contribution in [3.8, 4) is 0 Å². The van der Waals surface area contributed by atoms with Gasteiger partial charge in [0.15, 0.2) is 0 Å². The van der Waals surface area contributed by atoms with Crippen molar-refractivity contribution in [1.29, 1.82) is 0 Å². The molecule has 23 heavy (non-hydrogen) atoms. The number of nitrogens with one attached hydrogen (secondary N) is 2. The normalized spacial score (nSPS) is 22.6. The summed E-state index contributed by atoms with van der Waals surface area (Å²) in [6.45, 7) is 5.74. The lowest BCUT2D eigenvalue weighted by Gasteiger charge is -2.26. The highest BCUT2D eigenvalue weighted by atomic mass is 35.5.